The molecule has 1 saturated heterocycles. The molecular weight excluding hydrogens is 489 g/mol. The number of aliphatic imine (C=N–C) groups is 1. The third-order valence-electron chi connectivity index (χ3n) is 5.31. The second kappa shape index (κ2) is 10.3. The highest BCUT2D eigenvalue weighted by Crippen LogP contribution is 2.27. The van der Waals surface area contributed by atoms with Crippen LogP contribution in [0.1, 0.15) is 29.5 Å². The number of rotatable bonds is 5. The average Bonchev–Trinajstić information content (AvgIpc) is 3.29. The van der Waals surface area contributed by atoms with Crippen LogP contribution in [-0.4, -0.2) is 66.3 Å². The standard InChI is InChI=1S/C20H28F2N6.HI/c1-23-20(28-9-8-14(13-28)15-10-25-27(4)12-15)24-11-18(26(2)3)19-16(21)6-5-7-17(19)22;/h5-7,10,12,14,18H,8-9,11,13H2,1-4H3,(H,23,24);1H. The van der Waals surface area contributed by atoms with Gasteiger partial charge in [0.25, 0.3) is 0 Å². The number of hydrogen-bond acceptors (Lipinski definition) is 3. The van der Waals surface area contributed by atoms with Crippen LogP contribution in [0.15, 0.2) is 35.6 Å². The first-order chi connectivity index (χ1) is 13.4. The maximum absolute atomic E-state index is 14.3. The summed E-state index contributed by atoms with van der Waals surface area (Å²) in [6, 6.07) is 3.52. The summed E-state index contributed by atoms with van der Waals surface area (Å²) in [4.78, 5) is 8.37. The molecule has 1 aromatic heterocycles. The molecule has 1 fully saturated rings. The van der Waals surface area contributed by atoms with Crippen LogP contribution in [0.3, 0.4) is 0 Å². The number of aryl methyl sites for hydroxylation is 1. The zero-order chi connectivity index (χ0) is 20.3. The van der Waals surface area contributed by atoms with Gasteiger partial charge in [0.1, 0.15) is 11.6 Å². The molecule has 1 aromatic carbocycles. The van der Waals surface area contributed by atoms with Crippen LogP contribution < -0.4 is 5.32 Å². The molecule has 0 radical (unpaired) electrons. The van der Waals surface area contributed by atoms with E-state index >= 15 is 0 Å². The first kappa shape index (κ1) is 23.5. The lowest BCUT2D eigenvalue weighted by Crippen LogP contribution is -2.43. The molecule has 1 aliphatic heterocycles. The molecule has 1 aliphatic rings. The minimum Gasteiger partial charge on any atom is -0.354 e. The Balaban J connectivity index is 0.00000300. The van der Waals surface area contributed by atoms with E-state index in [0.29, 0.717) is 12.5 Å². The lowest BCUT2D eigenvalue weighted by atomic mass is 10.0. The lowest BCUT2D eigenvalue weighted by Gasteiger charge is -2.28. The van der Waals surface area contributed by atoms with Crippen molar-refractivity contribution in [3.8, 4) is 0 Å². The maximum atomic E-state index is 14.3. The number of nitrogens with zero attached hydrogens (tertiary/aromatic N) is 5. The highest BCUT2D eigenvalue weighted by Gasteiger charge is 2.28. The van der Waals surface area contributed by atoms with Crippen molar-refractivity contribution in [2.45, 2.75) is 18.4 Å². The molecular formula is C20H29F2IN6. The van der Waals surface area contributed by atoms with Gasteiger partial charge in [-0.3, -0.25) is 9.67 Å². The summed E-state index contributed by atoms with van der Waals surface area (Å²) < 4.78 is 30.3. The molecule has 0 saturated carbocycles. The predicted octanol–water partition coefficient (Wildman–Crippen LogP) is 2.98. The molecule has 2 aromatic rings. The Morgan fingerprint density at radius 1 is 1.34 bits per heavy atom. The monoisotopic (exact) mass is 518 g/mol. The van der Waals surface area contributed by atoms with Crippen molar-refractivity contribution in [1.82, 2.24) is 24.9 Å². The molecule has 6 nitrogen and oxygen atoms in total. The van der Waals surface area contributed by atoms with Gasteiger partial charge in [-0.25, -0.2) is 8.78 Å². The van der Waals surface area contributed by atoms with Gasteiger partial charge in [-0.05, 0) is 38.2 Å². The number of likely N-dealkylation sites (tertiary alicyclic amines) is 1. The van der Waals surface area contributed by atoms with Crippen molar-refractivity contribution >= 4 is 29.9 Å². The summed E-state index contributed by atoms with van der Waals surface area (Å²) in [7, 11) is 7.28. The number of likely N-dealkylation sites (N-methyl/N-ethyl adjacent to an activating group) is 1. The molecule has 0 amide bonds. The molecule has 2 heterocycles. The van der Waals surface area contributed by atoms with Gasteiger partial charge < -0.3 is 15.1 Å². The van der Waals surface area contributed by atoms with E-state index in [4.69, 9.17) is 0 Å². The molecule has 9 heteroatoms. The average molecular weight is 518 g/mol. The second-order valence-electron chi connectivity index (χ2n) is 7.42. The Labute approximate surface area is 188 Å². The fourth-order valence-electron chi connectivity index (χ4n) is 3.77. The lowest BCUT2D eigenvalue weighted by molar-refractivity contribution is 0.280. The Hall–Kier alpha value is -1.75. The number of hydrogen-bond donors (Lipinski definition) is 1. The van der Waals surface area contributed by atoms with E-state index in [1.807, 2.05) is 43.1 Å². The van der Waals surface area contributed by atoms with Crippen LogP contribution >= 0.6 is 24.0 Å². The Morgan fingerprint density at radius 3 is 2.59 bits per heavy atom. The molecule has 1 N–H and O–H groups in total. The van der Waals surface area contributed by atoms with Crippen molar-refractivity contribution in [1.29, 1.82) is 0 Å². The van der Waals surface area contributed by atoms with Crippen molar-refractivity contribution in [2.24, 2.45) is 12.0 Å². The first-order valence-corrected chi connectivity index (χ1v) is 9.45. The molecule has 2 unspecified atom stereocenters. The number of aromatic nitrogens is 2. The Bertz CT molecular complexity index is 818. The fraction of sp³-hybridized carbons (Fsp3) is 0.500. The van der Waals surface area contributed by atoms with E-state index in [0.717, 1.165) is 25.5 Å². The van der Waals surface area contributed by atoms with Crippen molar-refractivity contribution in [2.75, 3.05) is 40.8 Å². The molecule has 3 rings (SSSR count). The maximum Gasteiger partial charge on any atom is 0.193 e. The van der Waals surface area contributed by atoms with Crippen LogP contribution in [0.4, 0.5) is 8.78 Å². The number of guanidine groups is 1. The quantitative estimate of drug-likeness (QED) is 0.376. The summed E-state index contributed by atoms with van der Waals surface area (Å²) in [6.45, 7) is 2.07. The largest absolute Gasteiger partial charge is 0.354 e. The molecule has 0 aliphatic carbocycles. The van der Waals surface area contributed by atoms with E-state index in [2.05, 4.69) is 20.3 Å². The molecule has 160 valence electrons. The number of halogens is 3. The zero-order valence-electron chi connectivity index (χ0n) is 17.3. The topological polar surface area (TPSA) is 48.7 Å². The summed E-state index contributed by atoms with van der Waals surface area (Å²) in [5, 5.41) is 7.56. The van der Waals surface area contributed by atoms with Gasteiger partial charge in [-0.1, -0.05) is 6.07 Å². The Morgan fingerprint density at radius 2 is 2.03 bits per heavy atom. The van der Waals surface area contributed by atoms with Gasteiger partial charge >= 0.3 is 0 Å². The normalized spacial score (nSPS) is 18.1. The molecule has 2 atom stereocenters. The number of nitrogens with one attached hydrogen (secondary N) is 1. The highest BCUT2D eigenvalue weighted by molar-refractivity contribution is 14.0. The van der Waals surface area contributed by atoms with E-state index in [9.17, 15) is 8.78 Å². The SMILES string of the molecule is CN=C(NCC(c1c(F)cccc1F)N(C)C)N1CCC(c2cnn(C)c2)C1.I. The van der Waals surface area contributed by atoms with Gasteiger partial charge in [-0.2, -0.15) is 5.10 Å². The fourth-order valence-corrected chi connectivity index (χ4v) is 3.77. The minimum atomic E-state index is -0.534. The van der Waals surface area contributed by atoms with E-state index in [-0.39, 0.29) is 29.5 Å². The molecule has 29 heavy (non-hydrogen) atoms. The zero-order valence-corrected chi connectivity index (χ0v) is 19.6. The Kier molecular flexibility index (Phi) is 8.38. The van der Waals surface area contributed by atoms with Crippen molar-refractivity contribution in [3.63, 3.8) is 0 Å². The third kappa shape index (κ3) is 5.44. The summed E-state index contributed by atoms with van der Waals surface area (Å²) in [5.74, 6) is 0.0810. The van der Waals surface area contributed by atoms with Gasteiger partial charge in [0.15, 0.2) is 5.96 Å². The van der Waals surface area contributed by atoms with Crippen LogP contribution in [0.5, 0.6) is 0 Å². The third-order valence-corrected chi connectivity index (χ3v) is 5.31. The van der Waals surface area contributed by atoms with Crippen LogP contribution in [0.2, 0.25) is 0 Å². The van der Waals surface area contributed by atoms with Gasteiger partial charge in [-0.15, -0.1) is 24.0 Å². The van der Waals surface area contributed by atoms with Gasteiger partial charge in [0.2, 0.25) is 0 Å². The van der Waals surface area contributed by atoms with Crippen molar-refractivity contribution in [3.05, 3.63) is 53.4 Å². The number of benzene rings is 1. The van der Waals surface area contributed by atoms with Gasteiger partial charge in [0, 0.05) is 51.4 Å². The second-order valence-corrected chi connectivity index (χ2v) is 7.42. The van der Waals surface area contributed by atoms with E-state index in [1.54, 1.807) is 7.05 Å². The van der Waals surface area contributed by atoms with E-state index in [1.165, 1.54) is 23.8 Å². The highest BCUT2D eigenvalue weighted by atomic mass is 127. The van der Waals surface area contributed by atoms with Crippen LogP contribution in [0, 0.1) is 11.6 Å². The summed E-state index contributed by atoms with van der Waals surface area (Å²) >= 11 is 0. The molecule has 0 bridgehead atoms. The van der Waals surface area contributed by atoms with Crippen molar-refractivity contribution < 1.29 is 8.78 Å². The van der Waals surface area contributed by atoms with Gasteiger partial charge in [0.05, 0.1) is 12.2 Å². The molecule has 0 spiro atoms. The smallest absolute Gasteiger partial charge is 0.193 e. The first-order valence-electron chi connectivity index (χ1n) is 9.45. The van der Waals surface area contributed by atoms with E-state index < -0.39 is 17.7 Å². The minimum absolute atomic E-state index is 0. The summed E-state index contributed by atoms with van der Waals surface area (Å²) in [5.41, 5.74) is 1.30. The van der Waals surface area contributed by atoms with Crippen LogP contribution in [-0.2, 0) is 7.05 Å². The summed E-state index contributed by atoms with van der Waals surface area (Å²) in [6.07, 6.45) is 4.98. The van der Waals surface area contributed by atoms with Crippen LogP contribution in [0.25, 0.3) is 0 Å². The predicted molar refractivity (Wildman–Crippen MR) is 122 cm³/mol.